The first-order valence-electron chi connectivity index (χ1n) is 5.48. The lowest BCUT2D eigenvalue weighted by molar-refractivity contribution is -0.148. The number of esters is 1. The van der Waals surface area contributed by atoms with E-state index in [1.807, 2.05) is 0 Å². The first-order chi connectivity index (χ1) is 6.61. The maximum Gasteiger partial charge on any atom is 0.310 e. The lowest BCUT2D eigenvalue weighted by atomic mass is 9.97. The highest BCUT2D eigenvalue weighted by Crippen LogP contribution is 2.12. The van der Waals surface area contributed by atoms with Gasteiger partial charge in [-0.25, -0.2) is 0 Å². The van der Waals surface area contributed by atoms with Crippen molar-refractivity contribution in [3.05, 3.63) is 0 Å². The molecular formula is C11H23NO2. The lowest BCUT2D eigenvalue weighted by Gasteiger charge is -2.15. The van der Waals surface area contributed by atoms with Crippen LogP contribution in [0.3, 0.4) is 0 Å². The van der Waals surface area contributed by atoms with Crippen molar-refractivity contribution < 1.29 is 9.53 Å². The smallest absolute Gasteiger partial charge is 0.310 e. The number of carbonyl (C=O) groups is 1. The van der Waals surface area contributed by atoms with E-state index < -0.39 is 0 Å². The summed E-state index contributed by atoms with van der Waals surface area (Å²) < 4.78 is 5.12. The number of unbranched alkanes of at least 4 members (excludes halogenated alkanes) is 1. The van der Waals surface area contributed by atoms with Gasteiger partial charge in [-0.3, -0.25) is 4.79 Å². The van der Waals surface area contributed by atoms with Gasteiger partial charge < -0.3 is 10.5 Å². The number of nitrogens with two attached hydrogens (primary N) is 1. The Bertz CT molecular complexity index is 157. The molecule has 1 atom stereocenters. The number of rotatable bonds is 7. The van der Waals surface area contributed by atoms with Crippen LogP contribution in [-0.4, -0.2) is 19.1 Å². The molecule has 0 saturated carbocycles. The number of hydrogen-bond acceptors (Lipinski definition) is 3. The molecule has 0 aromatic heterocycles. The van der Waals surface area contributed by atoms with E-state index in [0.717, 1.165) is 19.3 Å². The molecule has 0 heterocycles. The second-order valence-electron chi connectivity index (χ2n) is 4.08. The van der Waals surface area contributed by atoms with Crippen molar-refractivity contribution in [1.29, 1.82) is 0 Å². The Kier molecular flexibility index (Phi) is 7.48. The molecule has 0 spiro atoms. The van der Waals surface area contributed by atoms with Crippen LogP contribution in [0.5, 0.6) is 0 Å². The Balaban J connectivity index is 3.79. The summed E-state index contributed by atoms with van der Waals surface area (Å²) in [5, 5.41) is 0. The van der Waals surface area contributed by atoms with Gasteiger partial charge in [0.25, 0.3) is 0 Å². The molecule has 0 amide bonds. The lowest BCUT2D eigenvalue weighted by Crippen LogP contribution is -2.27. The Labute approximate surface area is 87.0 Å². The molecule has 3 nitrogen and oxygen atoms in total. The maximum absolute atomic E-state index is 11.5. The van der Waals surface area contributed by atoms with E-state index in [9.17, 15) is 4.79 Å². The third kappa shape index (κ3) is 5.97. The third-order valence-corrected chi connectivity index (χ3v) is 2.12. The topological polar surface area (TPSA) is 52.3 Å². The van der Waals surface area contributed by atoms with Crippen molar-refractivity contribution in [2.45, 2.75) is 40.0 Å². The molecular weight excluding hydrogens is 178 g/mol. The molecule has 0 rings (SSSR count). The van der Waals surface area contributed by atoms with Crippen LogP contribution in [0.4, 0.5) is 0 Å². The summed E-state index contributed by atoms with van der Waals surface area (Å²) in [7, 11) is 0. The van der Waals surface area contributed by atoms with Crippen molar-refractivity contribution in [2.24, 2.45) is 17.6 Å². The Morgan fingerprint density at radius 2 is 2.07 bits per heavy atom. The van der Waals surface area contributed by atoms with Gasteiger partial charge in [-0.15, -0.1) is 0 Å². The summed E-state index contributed by atoms with van der Waals surface area (Å²) >= 11 is 0. The summed E-state index contributed by atoms with van der Waals surface area (Å²) in [6, 6.07) is 0. The second kappa shape index (κ2) is 7.80. The molecule has 1 unspecified atom stereocenters. The fourth-order valence-electron chi connectivity index (χ4n) is 1.29. The largest absolute Gasteiger partial charge is 0.465 e. The molecule has 14 heavy (non-hydrogen) atoms. The van der Waals surface area contributed by atoms with E-state index in [-0.39, 0.29) is 11.9 Å². The average Bonchev–Trinajstić information content (AvgIpc) is 2.14. The van der Waals surface area contributed by atoms with Crippen molar-refractivity contribution >= 4 is 5.97 Å². The van der Waals surface area contributed by atoms with E-state index in [2.05, 4.69) is 20.8 Å². The summed E-state index contributed by atoms with van der Waals surface area (Å²) in [5.74, 6) is 0.240. The van der Waals surface area contributed by atoms with Gasteiger partial charge in [0.15, 0.2) is 0 Å². The van der Waals surface area contributed by atoms with Crippen LogP contribution >= 0.6 is 0 Å². The van der Waals surface area contributed by atoms with E-state index in [1.54, 1.807) is 0 Å². The predicted molar refractivity (Wildman–Crippen MR) is 57.9 cm³/mol. The van der Waals surface area contributed by atoms with Crippen LogP contribution in [0.2, 0.25) is 0 Å². The summed E-state index contributed by atoms with van der Waals surface area (Å²) in [5.41, 5.74) is 5.53. The molecule has 2 N–H and O–H groups in total. The third-order valence-electron chi connectivity index (χ3n) is 2.12. The Morgan fingerprint density at radius 1 is 1.43 bits per heavy atom. The van der Waals surface area contributed by atoms with Gasteiger partial charge in [0.05, 0.1) is 12.5 Å². The highest BCUT2D eigenvalue weighted by Gasteiger charge is 2.19. The monoisotopic (exact) mass is 201 g/mol. The van der Waals surface area contributed by atoms with E-state index in [0.29, 0.717) is 19.1 Å². The fourth-order valence-corrected chi connectivity index (χ4v) is 1.29. The summed E-state index contributed by atoms with van der Waals surface area (Å²) in [4.78, 5) is 11.5. The minimum Gasteiger partial charge on any atom is -0.465 e. The molecule has 0 aromatic rings. The van der Waals surface area contributed by atoms with Crippen LogP contribution in [0.1, 0.15) is 40.0 Å². The Hall–Kier alpha value is -0.570. The van der Waals surface area contributed by atoms with E-state index in [4.69, 9.17) is 10.5 Å². The van der Waals surface area contributed by atoms with Gasteiger partial charge in [-0.1, -0.05) is 27.2 Å². The van der Waals surface area contributed by atoms with Crippen molar-refractivity contribution in [3.63, 3.8) is 0 Å². The SMILES string of the molecule is CCCCOC(=O)C(CN)CC(C)C. The summed E-state index contributed by atoms with van der Waals surface area (Å²) in [6.07, 6.45) is 2.80. The van der Waals surface area contributed by atoms with Crippen molar-refractivity contribution in [1.82, 2.24) is 0 Å². The van der Waals surface area contributed by atoms with Crippen molar-refractivity contribution in [2.75, 3.05) is 13.2 Å². The molecule has 0 aliphatic carbocycles. The van der Waals surface area contributed by atoms with Gasteiger partial charge in [0.2, 0.25) is 0 Å². The predicted octanol–water partition coefficient (Wildman–Crippen LogP) is 1.95. The van der Waals surface area contributed by atoms with Crippen LogP contribution in [0, 0.1) is 11.8 Å². The number of carbonyl (C=O) groups excluding carboxylic acids is 1. The van der Waals surface area contributed by atoms with Crippen LogP contribution < -0.4 is 5.73 Å². The molecule has 0 aliphatic heterocycles. The van der Waals surface area contributed by atoms with Gasteiger partial charge in [-0.05, 0) is 18.8 Å². The minimum atomic E-state index is -0.130. The zero-order valence-electron chi connectivity index (χ0n) is 9.58. The second-order valence-corrected chi connectivity index (χ2v) is 4.08. The van der Waals surface area contributed by atoms with Gasteiger partial charge in [0.1, 0.15) is 0 Å². The summed E-state index contributed by atoms with van der Waals surface area (Å²) in [6.45, 7) is 7.17. The van der Waals surface area contributed by atoms with Crippen LogP contribution in [-0.2, 0) is 9.53 Å². The first-order valence-corrected chi connectivity index (χ1v) is 5.48. The zero-order valence-corrected chi connectivity index (χ0v) is 9.58. The Morgan fingerprint density at radius 3 is 2.50 bits per heavy atom. The first kappa shape index (κ1) is 13.4. The molecule has 3 heteroatoms. The van der Waals surface area contributed by atoms with Gasteiger partial charge in [0, 0.05) is 6.54 Å². The normalized spacial score (nSPS) is 12.9. The molecule has 0 aliphatic rings. The minimum absolute atomic E-state index is 0.119. The average molecular weight is 201 g/mol. The van der Waals surface area contributed by atoms with Gasteiger partial charge >= 0.3 is 5.97 Å². The zero-order chi connectivity index (χ0) is 11.0. The van der Waals surface area contributed by atoms with Gasteiger partial charge in [-0.2, -0.15) is 0 Å². The molecule has 0 aromatic carbocycles. The van der Waals surface area contributed by atoms with Crippen molar-refractivity contribution in [3.8, 4) is 0 Å². The quantitative estimate of drug-likeness (QED) is 0.506. The van der Waals surface area contributed by atoms with E-state index in [1.165, 1.54) is 0 Å². The highest BCUT2D eigenvalue weighted by atomic mass is 16.5. The highest BCUT2D eigenvalue weighted by molar-refractivity contribution is 5.72. The molecule has 84 valence electrons. The maximum atomic E-state index is 11.5. The molecule has 0 bridgehead atoms. The number of hydrogen-bond donors (Lipinski definition) is 1. The van der Waals surface area contributed by atoms with Crippen LogP contribution in [0.15, 0.2) is 0 Å². The number of ether oxygens (including phenoxy) is 1. The standard InChI is InChI=1S/C11H23NO2/c1-4-5-6-14-11(13)10(8-12)7-9(2)3/h9-10H,4-8,12H2,1-3H3. The van der Waals surface area contributed by atoms with Crippen LogP contribution in [0.25, 0.3) is 0 Å². The van der Waals surface area contributed by atoms with E-state index >= 15 is 0 Å². The molecule has 0 saturated heterocycles. The molecule has 0 fully saturated rings. The molecule has 0 radical (unpaired) electrons. The fraction of sp³-hybridized carbons (Fsp3) is 0.909.